The zero-order valence-corrected chi connectivity index (χ0v) is 14.6. The average Bonchev–Trinajstić information content (AvgIpc) is 3.16. The highest BCUT2D eigenvalue weighted by molar-refractivity contribution is 5.12. The monoisotopic (exact) mass is 333 g/mol. The van der Waals surface area contributed by atoms with Crippen LogP contribution in [0, 0.1) is 0 Å². The Morgan fingerprint density at radius 3 is 2.50 bits per heavy atom. The SMILES string of the molecule is OCCN1CCN(CCNC=C2CCC(c3cnc[nH]3)CC2)CC1. The highest BCUT2D eigenvalue weighted by Gasteiger charge is 2.19. The van der Waals surface area contributed by atoms with Crippen molar-refractivity contribution in [1.82, 2.24) is 25.1 Å². The van der Waals surface area contributed by atoms with Gasteiger partial charge in [0.25, 0.3) is 0 Å². The van der Waals surface area contributed by atoms with Crippen LogP contribution in [0.1, 0.15) is 37.3 Å². The molecule has 0 bridgehead atoms. The fourth-order valence-electron chi connectivity index (χ4n) is 3.75. The van der Waals surface area contributed by atoms with Gasteiger partial charge in [0.15, 0.2) is 0 Å². The molecule has 2 fully saturated rings. The quantitative estimate of drug-likeness (QED) is 0.653. The molecule has 1 aliphatic heterocycles. The Labute approximate surface area is 144 Å². The Hall–Kier alpha value is -1.37. The normalized spacial score (nSPS) is 23.4. The van der Waals surface area contributed by atoms with Gasteiger partial charge in [-0.2, -0.15) is 0 Å². The molecule has 1 saturated carbocycles. The molecule has 3 N–H and O–H groups in total. The number of aromatic amines is 1. The number of aliphatic hydroxyl groups is 1. The Balaban J connectivity index is 1.29. The number of hydrogen-bond acceptors (Lipinski definition) is 5. The first-order valence-corrected chi connectivity index (χ1v) is 9.30. The van der Waals surface area contributed by atoms with Crippen molar-refractivity contribution in [2.75, 3.05) is 52.4 Å². The summed E-state index contributed by atoms with van der Waals surface area (Å²) in [5.41, 5.74) is 2.85. The standard InChI is InChI=1S/C18H31N5O/c24-12-11-23-9-7-22(8-10-23)6-5-19-13-16-1-3-17(4-2-16)18-14-20-15-21-18/h13-15,17,19,24H,1-12H2,(H,20,21). The van der Waals surface area contributed by atoms with Gasteiger partial charge in [0.05, 0.1) is 12.9 Å². The van der Waals surface area contributed by atoms with Gasteiger partial charge >= 0.3 is 0 Å². The topological polar surface area (TPSA) is 67.4 Å². The van der Waals surface area contributed by atoms with Crippen LogP contribution in [0.15, 0.2) is 24.3 Å². The highest BCUT2D eigenvalue weighted by atomic mass is 16.3. The van der Waals surface area contributed by atoms with Crippen LogP contribution in [0.25, 0.3) is 0 Å². The number of allylic oxidation sites excluding steroid dienone is 1. The smallest absolute Gasteiger partial charge is 0.0921 e. The van der Waals surface area contributed by atoms with Gasteiger partial charge in [-0.05, 0) is 31.9 Å². The number of aromatic nitrogens is 2. The number of hydrogen-bond donors (Lipinski definition) is 3. The fourth-order valence-corrected chi connectivity index (χ4v) is 3.75. The van der Waals surface area contributed by atoms with Crippen LogP contribution in [-0.2, 0) is 0 Å². The summed E-state index contributed by atoms with van der Waals surface area (Å²) in [5, 5.41) is 12.5. The lowest BCUT2D eigenvalue weighted by atomic mass is 9.84. The Morgan fingerprint density at radius 2 is 1.88 bits per heavy atom. The second kappa shape index (κ2) is 9.20. The molecule has 0 spiro atoms. The number of H-pyrrole nitrogens is 1. The van der Waals surface area contributed by atoms with E-state index in [1.54, 1.807) is 11.9 Å². The van der Waals surface area contributed by atoms with Crippen molar-refractivity contribution in [3.63, 3.8) is 0 Å². The van der Waals surface area contributed by atoms with Gasteiger partial charge in [-0.25, -0.2) is 4.98 Å². The van der Waals surface area contributed by atoms with Crippen molar-refractivity contribution in [2.24, 2.45) is 0 Å². The fraction of sp³-hybridized carbons (Fsp3) is 0.722. The maximum atomic E-state index is 8.98. The van der Waals surface area contributed by atoms with E-state index in [2.05, 4.69) is 31.3 Å². The molecule has 24 heavy (non-hydrogen) atoms. The summed E-state index contributed by atoms with van der Waals surface area (Å²) in [6.45, 7) is 7.61. The van der Waals surface area contributed by atoms with Gasteiger partial charge in [-0.3, -0.25) is 9.80 Å². The van der Waals surface area contributed by atoms with Crippen LogP contribution in [0.2, 0.25) is 0 Å². The first-order chi connectivity index (χ1) is 11.8. The summed E-state index contributed by atoms with van der Waals surface area (Å²) in [7, 11) is 0. The molecule has 0 atom stereocenters. The molecule has 0 amide bonds. The van der Waals surface area contributed by atoms with Crippen LogP contribution < -0.4 is 5.32 Å². The van der Waals surface area contributed by atoms with Crippen LogP contribution in [-0.4, -0.2) is 77.3 Å². The lowest BCUT2D eigenvalue weighted by Crippen LogP contribution is -2.48. The Kier molecular flexibility index (Phi) is 6.69. The van der Waals surface area contributed by atoms with Crippen molar-refractivity contribution >= 4 is 0 Å². The number of rotatable bonds is 7. The molecule has 1 aromatic heterocycles. The van der Waals surface area contributed by atoms with Crippen LogP contribution in [0.3, 0.4) is 0 Å². The second-order valence-electron chi connectivity index (χ2n) is 6.94. The molecule has 2 aliphatic rings. The van der Waals surface area contributed by atoms with E-state index in [4.69, 9.17) is 5.11 Å². The largest absolute Gasteiger partial charge is 0.395 e. The van der Waals surface area contributed by atoms with Gasteiger partial charge < -0.3 is 15.4 Å². The zero-order valence-electron chi connectivity index (χ0n) is 14.6. The van der Waals surface area contributed by atoms with Crippen molar-refractivity contribution in [1.29, 1.82) is 0 Å². The predicted octanol–water partition coefficient (Wildman–Crippen LogP) is 1.15. The van der Waals surface area contributed by atoms with Crippen molar-refractivity contribution < 1.29 is 5.11 Å². The third-order valence-electron chi connectivity index (χ3n) is 5.35. The summed E-state index contributed by atoms with van der Waals surface area (Å²) in [5.74, 6) is 0.653. The molecule has 6 nitrogen and oxygen atoms in total. The van der Waals surface area contributed by atoms with E-state index in [1.807, 2.05) is 6.20 Å². The molecule has 0 radical (unpaired) electrons. The Bertz CT molecular complexity index is 484. The molecular formula is C18H31N5O. The van der Waals surface area contributed by atoms with E-state index < -0.39 is 0 Å². The highest BCUT2D eigenvalue weighted by Crippen LogP contribution is 2.33. The second-order valence-corrected chi connectivity index (χ2v) is 6.94. The molecule has 1 aromatic rings. The van der Waals surface area contributed by atoms with E-state index in [-0.39, 0.29) is 6.61 Å². The minimum absolute atomic E-state index is 0.274. The van der Waals surface area contributed by atoms with Gasteiger partial charge in [-0.1, -0.05) is 5.57 Å². The lowest BCUT2D eigenvalue weighted by Gasteiger charge is -2.34. The van der Waals surface area contributed by atoms with E-state index in [9.17, 15) is 0 Å². The van der Waals surface area contributed by atoms with Gasteiger partial charge in [0, 0.05) is 63.6 Å². The molecule has 0 aromatic carbocycles. The van der Waals surface area contributed by atoms with E-state index >= 15 is 0 Å². The lowest BCUT2D eigenvalue weighted by molar-refractivity contribution is 0.114. The van der Waals surface area contributed by atoms with E-state index in [1.165, 1.54) is 31.4 Å². The van der Waals surface area contributed by atoms with Gasteiger partial charge in [0.2, 0.25) is 0 Å². The van der Waals surface area contributed by atoms with E-state index in [0.717, 1.165) is 45.8 Å². The molecule has 1 saturated heterocycles. The number of imidazole rings is 1. The summed E-state index contributed by atoms with van der Waals surface area (Å²) in [6, 6.07) is 0. The minimum atomic E-state index is 0.274. The van der Waals surface area contributed by atoms with Crippen molar-refractivity contribution in [3.05, 3.63) is 30.0 Å². The maximum absolute atomic E-state index is 8.98. The average molecular weight is 333 g/mol. The number of nitrogens with zero attached hydrogens (tertiary/aromatic N) is 3. The maximum Gasteiger partial charge on any atom is 0.0921 e. The van der Waals surface area contributed by atoms with Crippen LogP contribution in [0.5, 0.6) is 0 Å². The third kappa shape index (κ3) is 5.06. The molecule has 6 heteroatoms. The third-order valence-corrected chi connectivity index (χ3v) is 5.35. The minimum Gasteiger partial charge on any atom is -0.395 e. The molecule has 134 valence electrons. The molecule has 0 unspecified atom stereocenters. The summed E-state index contributed by atoms with van der Waals surface area (Å²) in [4.78, 5) is 12.2. The number of β-amino-alcohol motifs (C(OH)–C–C–N with tert-alkyl or cyclic N) is 1. The molecule has 1 aliphatic carbocycles. The Morgan fingerprint density at radius 1 is 1.17 bits per heavy atom. The van der Waals surface area contributed by atoms with Gasteiger partial charge in [-0.15, -0.1) is 0 Å². The van der Waals surface area contributed by atoms with Gasteiger partial charge in [0.1, 0.15) is 0 Å². The first kappa shape index (κ1) is 17.5. The number of aliphatic hydroxyl groups excluding tert-OH is 1. The van der Waals surface area contributed by atoms with Crippen LogP contribution >= 0.6 is 0 Å². The number of nitrogens with one attached hydrogen (secondary N) is 2. The zero-order chi connectivity index (χ0) is 16.6. The summed E-state index contributed by atoms with van der Waals surface area (Å²) < 4.78 is 0. The first-order valence-electron chi connectivity index (χ1n) is 9.30. The van der Waals surface area contributed by atoms with Crippen molar-refractivity contribution in [3.8, 4) is 0 Å². The summed E-state index contributed by atoms with van der Waals surface area (Å²) >= 11 is 0. The molecular weight excluding hydrogens is 302 g/mol. The molecule has 2 heterocycles. The van der Waals surface area contributed by atoms with Crippen molar-refractivity contribution in [2.45, 2.75) is 31.6 Å². The molecule has 3 rings (SSSR count). The number of piperazine rings is 1. The van der Waals surface area contributed by atoms with Crippen LogP contribution in [0.4, 0.5) is 0 Å². The predicted molar refractivity (Wildman–Crippen MR) is 95.8 cm³/mol. The summed E-state index contributed by atoms with van der Waals surface area (Å²) in [6.07, 6.45) is 10.8. The van der Waals surface area contributed by atoms with E-state index in [0.29, 0.717) is 5.92 Å².